The standard InChI is InChI=1S/C21H29FN2O2.2ClH/c1-4-24(5-2)13-12-23-15-18-8-11-20(21(14-18)25-3)26-16-17-6-9-19(22)10-7-17;;/h6-11,14,23H,4-5,12-13,15-16H2,1-3H3;2*1H. The lowest BCUT2D eigenvalue weighted by Crippen LogP contribution is -2.31. The van der Waals surface area contributed by atoms with Crippen LogP contribution in [0.15, 0.2) is 42.5 Å². The van der Waals surface area contributed by atoms with Gasteiger partial charge in [0.15, 0.2) is 11.5 Å². The number of nitrogens with zero attached hydrogens (tertiary/aromatic N) is 1. The van der Waals surface area contributed by atoms with Crippen molar-refractivity contribution in [2.24, 2.45) is 0 Å². The van der Waals surface area contributed by atoms with Crippen molar-refractivity contribution in [1.82, 2.24) is 10.2 Å². The van der Waals surface area contributed by atoms with Crippen molar-refractivity contribution in [3.05, 3.63) is 59.4 Å². The third-order valence-electron chi connectivity index (χ3n) is 4.36. The zero-order chi connectivity index (χ0) is 18.8. The van der Waals surface area contributed by atoms with Crippen molar-refractivity contribution in [3.8, 4) is 11.5 Å². The zero-order valence-corrected chi connectivity index (χ0v) is 18.4. The molecule has 0 saturated heterocycles. The maximum Gasteiger partial charge on any atom is 0.161 e. The van der Waals surface area contributed by atoms with Crippen LogP contribution in [0.2, 0.25) is 0 Å². The maximum atomic E-state index is 13.0. The van der Waals surface area contributed by atoms with Crippen molar-refractivity contribution >= 4 is 24.8 Å². The van der Waals surface area contributed by atoms with Crippen LogP contribution >= 0.6 is 24.8 Å². The van der Waals surface area contributed by atoms with Gasteiger partial charge in [-0.3, -0.25) is 0 Å². The minimum Gasteiger partial charge on any atom is -0.493 e. The summed E-state index contributed by atoms with van der Waals surface area (Å²) in [6.45, 7) is 9.67. The van der Waals surface area contributed by atoms with Gasteiger partial charge in [-0.25, -0.2) is 4.39 Å². The maximum absolute atomic E-state index is 13.0. The van der Waals surface area contributed by atoms with Gasteiger partial charge in [0.25, 0.3) is 0 Å². The average molecular weight is 433 g/mol. The van der Waals surface area contributed by atoms with Crippen LogP contribution < -0.4 is 14.8 Å². The molecule has 0 unspecified atom stereocenters. The fraction of sp³-hybridized carbons (Fsp3) is 0.429. The van der Waals surface area contributed by atoms with Gasteiger partial charge in [0.1, 0.15) is 12.4 Å². The van der Waals surface area contributed by atoms with Crippen LogP contribution in [-0.4, -0.2) is 38.2 Å². The molecule has 0 heterocycles. The number of hydrogen-bond donors (Lipinski definition) is 1. The molecule has 0 atom stereocenters. The minimum atomic E-state index is -0.246. The van der Waals surface area contributed by atoms with E-state index in [1.165, 1.54) is 12.1 Å². The lowest BCUT2D eigenvalue weighted by molar-refractivity contribution is 0.284. The number of likely N-dealkylation sites (N-methyl/N-ethyl adjacent to an activating group) is 1. The van der Waals surface area contributed by atoms with Crippen molar-refractivity contribution in [2.45, 2.75) is 27.0 Å². The number of rotatable bonds is 11. The predicted molar refractivity (Wildman–Crippen MR) is 118 cm³/mol. The highest BCUT2D eigenvalue weighted by Crippen LogP contribution is 2.28. The van der Waals surface area contributed by atoms with Gasteiger partial charge in [0.2, 0.25) is 0 Å². The summed E-state index contributed by atoms with van der Waals surface area (Å²) in [6.07, 6.45) is 0. The zero-order valence-electron chi connectivity index (χ0n) is 16.7. The van der Waals surface area contributed by atoms with Gasteiger partial charge < -0.3 is 19.7 Å². The van der Waals surface area contributed by atoms with Crippen molar-refractivity contribution in [2.75, 3.05) is 33.3 Å². The highest BCUT2D eigenvalue weighted by molar-refractivity contribution is 5.85. The second-order valence-corrected chi connectivity index (χ2v) is 6.10. The highest BCUT2D eigenvalue weighted by atomic mass is 35.5. The lowest BCUT2D eigenvalue weighted by atomic mass is 10.2. The SMILES string of the molecule is CCN(CC)CCNCc1ccc(OCc2ccc(F)cc2)c(OC)c1.Cl.Cl. The van der Waals surface area contributed by atoms with E-state index in [9.17, 15) is 4.39 Å². The first-order chi connectivity index (χ1) is 12.7. The number of ether oxygens (including phenoxy) is 2. The Labute approximate surface area is 180 Å². The van der Waals surface area contributed by atoms with Crippen LogP contribution in [0.25, 0.3) is 0 Å². The van der Waals surface area contributed by atoms with Crippen LogP contribution in [0, 0.1) is 5.82 Å². The number of nitrogens with one attached hydrogen (secondary N) is 1. The molecule has 2 aromatic carbocycles. The molecule has 2 aromatic rings. The van der Waals surface area contributed by atoms with Gasteiger partial charge >= 0.3 is 0 Å². The van der Waals surface area contributed by atoms with Gasteiger partial charge in [-0.05, 0) is 48.5 Å². The highest BCUT2D eigenvalue weighted by Gasteiger charge is 2.07. The monoisotopic (exact) mass is 432 g/mol. The first-order valence-electron chi connectivity index (χ1n) is 9.13. The third-order valence-corrected chi connectivity index (χ3v) is 4.36. The quantitative estimate of drug-likeness (QED) is 0.522. The smallest absolute Gasteiger partial charge is 0.161 e. The molecule has 0 aliphatic carbocycles. The first kappa shape index (κ1) is 26.5. The van der Waals surface area contributed by atoms with Gasteiger partial charge in [0.05, 0.1) is 7.11 Å². The van der Waals surface area contributed by atoms with Crippen LogP contribution in [0.1, 0.15) is 25.0 Å². The van der Waals surface area contributed by atoms with Crippen LogP contribution in [0.3, 0.4) is 0 Å². The Kier molecular flexibility index (Phi) is 13.7. The molecule has 4 nitrogen and oxygen atoms in total. The Morgan fingerprint density at radius 1 is 0.929 bits per heavy atom. The molecule has 0 radical (unpaired) electrons. The molecular weight excluding hydrogens is 402 g/mol. The topological polar surface area (TPSA) is 33.7 Å². The van der Waals surface area contributed by atoms with Crippen molar-refractivity contribution in [3.63, 3.8) is 0 Å². The molecule has 0 fully saturated rings. The molecule has 0 aliphatic rings. The fourth-order valence-electron chi connectivity index (χ4n) is 2.69. The van der Waals surface area contributed by atoms with E-state index in [4.69, 9.17) is 9.47 Å². The molecule has 0 amide bonds. The molecule has 0 aliphatic heterocycles. The van der Waals surface area contributed by atoms with Gasteiger partial charge in [0, 0.05) is 19.6 Å². The van der Waals surface area contributed by atoms with Crippen molar-refractivity contribution < 1.29 is 13.9 Å². The van der Waals surface area contributed by atoms with E-state index in [1.807, 2.05) is 18.2 Å². The molecular formula is C21H31Cl2FN2O2. The van der Waals surface area contributed by atoms with Crippen LogP contribution in [0.5, 0.6) is 11.5 Å². The second-order valence-electron chi connectivity index (χ2n) is 6.10. The summed E-state index contributed by atoms with van der Waals surface area (Å²) in [5.74, 6) is 1.14. The van der Waals surface area contributed by atoms with E-state index in [1.54, 1.807) is 19.2 Å². The second kappa shape index (κ2) is 14.5. The molecule has 0 spiro atoms. The Bertz CT molecular complexity index is 668. The summed E-state index contributed by atoms with van der Waals surface area (Å²) in [5.41, 5.74) is 2.06. The molecule has 7 heteroatoms. The van der Waals surface area contributed by atoms with Crippen molar-refractivity contribution in [1.29, 1.82) is 0 Å². The Balaban J connectivity index is 0.00000364. The Morgan fingerprint density at radius 3 is 2.18 bits per heavy atom. The van der Waals surface area contributed by atoms with E-state index >= 15 is 0 Å². The number of methoxy groups -OCH3 is 1. The van der Waals surface area contributed by atoms with Gasteiger partial charge in [-0.2, -0.15) is 0 Å². The number of hydrogen-bond acceptors (Lipinski definition) is 4. The van der Waals surface area contributed by atoms with Crippen LogP contribution in [0.4, 0.5) is 4.39 Å². The summed E-state index contributed by atoms with van der Waals surface area (Å²) in [5, 5.41) is 3.46. The van der Waals surface area contributed by atoms with Crippen LogP contribution in [-0.2, 0) is 13.2 Å². The van der Waals surface area contributed by atoms with E-state index in [-0.39, 0.29) is 30.6 Å². The Hall–Kier alpha value is -1.53. The van der Waals surface area contributed by atoms with E-state index in [2.05, 4.69) is 24.1 Å². The summed E-state index contributed by atoms with van der Waals surface area (Å²) in [7, 11) is 1.64. The summed E-state index contributed by atoms with van der Waals surface area (Å²) in [4.78, 5) is 2.39. The molecule has 0 aromatic heterocycles. The largest absolute Gasteiger partial charge is 0.493 e. The number of benzene rings is 2. The van der Waals surface area contributed by atoms with E-state index in [0.717, 1.165) is 43.9 Å². The molecule has 28 heavy (non-hydrogen) atoms. The number of halogens is 3. The van der Waals surface area contributed by atoms with Gasteiger partial charge in [-0.1, -0.05) is 32.0 Å². The summed E-state index contributed by atoms with van der Waals surface area (Å²) >= 11 is 0. The third kappa shape index (κ3) is 8.65. The van der Waals surface area contributed by atoms with E-state index < -0.39 is 0 Å². The first-order valence-corrected chi connectivity index (χ1v) is 9.13. The van der Waals surface area contributed by atoms with E-state index in [0.29, 0.717) is 18.1 Å². The van der Waals surface area contributed by atoms with Gasteiger partial charge in [-0.15, -0.1) is 24.8 Å². The minimum absolute atomic E-state index is 0. The normalized spacial score (nSPS) is 10.2. The molecule has 1 N–H and O–H groups in total. The molecule has 158 valence electrons. The summed E-state index contributed by atoms with van der Waals surface area (Å²) in [6, 6.07) is 12.2. The molecule has 2 rings (SSSR count). The molecule has 0 saturated carbocycles. The average Bonchev–Trinajstić information content (AvgIpc) is 2.68. The fourth-order valence-corrected chi connectivity index (χ4v) is 2.69. The summed E-state index contributed by atoms with van der Waals surface area (Å²) < 4.78 is 24.2. The Morgan fingerprint density at radius 2 is 1.57 bits per heavy atom. The molecule has 0 bridgehead atoms. The predicted octanol–water partition coefficient (Wildman–Crippen LogP) is 4.69. The lowest BCUT2D eigenvalue weighted by Gasteiger charge is -2.18.